The number of rotatable bonds is 9. The number of carbonyl (C=O) groups is 1. The van der Waals surface area contributed by atoms with Crippen LogP contribution in [-0.4, -0.2) is 76.0 Å². The Morgan fingerprint density at radius 1 is 1.24 bits per heavy atom. The summed E-state index contributed by atoms with van der Waals surface area (Å²) in [6, 6.07) is 5.38. The van der Waals surface area contributed by atoms with Gasteiger partial charge in [0.05, 0.1) is 33.1 Å². The fourth-order valence-electron chi connectivity index (χ4n) is 5.53. The number of morpholine rings is 1. The molecule has 7 nitrogen and oxygen atoms in total. The topological polar surface area (TPSA) is 63.3 Å². The number of nitrogens with one attached hydrogen (secondary N) is 1. The number of anilines is 1. The lowest BCUT2D eigenvalue weighted by Gasteiger charge is -2.57. The number of hydrogen-bond acceptors (Lipinski definition) is 5. The number of urea groups is 1. The standard InChI is InChI=1S/C26H39N3O4/c1-26(2)20-7-6-19(22(26)16-20)18-29(11-5-10-28-12-14-33-15-13-28)25(30)27-23-9-8-21(31-3)17-24(23)32-4/h6,8-9,17,20,22H,5,7,10-16,18H2,1-4H3,(H,27,30). The van der Waals surface area contributed by atoms with Crippen molar-refractivity contribution in [3.8, 4) is 11.5 Å². The zero-order chi connectivity index (χ0) is 23.4. The highest BCUT2D eigenvalue weighted by molar-refractivity contribution is 5.91. The van der Waals surface area contributed by atoms with E-state index in [1.165, 1.54) is 12.0 Å². The lowest BCUT2D eigenvalue weighted by Crippen LogP contribution is -2.50. The molecule has 2 fully saturated rings. The van der Waals surface area contributed by atoms with Gasteiger partial charge in [-0.1, -0.05) is 25.5 Å². The lowest BCUT2D eigenvalue weighted by molar-refractivity contribution is -0.00964. The second kappa shape index (κ2) is 10.3. The number of ether oxygens (including phenoxy) is 3. The number of nitrogens with zero attached hydrogens (tertiary/aromatic N) is 2. The maximum Gasteiger partial charge on any atom is 0.322 e. The summed E-state index contributed by atoms with van der Waals surface area (Å²) in [5.41, 5.74) is 2.42. The smallest absolute Gasteiger partial charge is 0.322 e. The van der Waals surface area contributed by atoms with Gasteiger partial charge in [-0.2, -0.15) is 0 Å². The molecule has 1 aliphatic heterocycles. The summed E-state index contributed by atoms with van der Waals surface area (Å²) in [6.45, 7) is 10.7. The summed E-state index contributed by atoms with van der Waals surface area (Å²) >= 11 is 0. The lowest BCUT2D eigenvalue weighted by atomic mass is 9.49. The van der Waals surface area contributed by atoms with Crippen molar-refractivity contribution >= 4 is 11.7 Å². The molecule has 2 bridgehead atoms. The molecule has 4 aliphatic rings. The first kappa shape index (κ1) is 23.9. The molecule has 0 spiro atoms. The van der Waals surface area contributed by atoms with Gasteiger partial charge in [-0.3, -0.25) is 4.90 Å². The van der Waals surface area contributed by atoms with Crippen molar-refractivity contribution in [1.29, 1.82) is 0 Å². The first-order chi connectivity index (χ1) is 15.9. The number of carbonyl (C=O) groups excluding carboxylic acids is 1. The first-order valence-corrected chi connectivity index (χ1v) is 12.2. The molecule has 182 valence electrons. The summed E-state index contributed by atoms with van der Waals surface area (Å²) in [7, 11) is 3.22. The molecule has 2 unspecified atom stereocenters. The minimum absolute atomic E-state index is 0.0828. The molecule has 1 saturated carbocycles. The largest absolute Gasteiger partial charge is 0.497 e. The van der Waals surface area contributed by atoms with Crippen molar-refractivity contribution < 1.29 is 19.0 Å². The third-order valence-corrected chi connectivity index (χ3v) is 7.90. The summed E-state index contributed by atoms with van der Waals surface area (Å²) in [5, 5.41) is 3.08. The van der Waals surface area contributed by atoms with E-state index in [0.717, 1.165) is 58.2 Å². The van der Waals surface area contributed by atoms with Crippen molar-refractivity contribution in [2.24, 2.45) is 17.3 Å². The third-order valence-electron chi connectivity index (χ3n) is 7.90. The van der Waals surface area contributed by atoms with Crippen LogP contribution in [0.4, 0.5) is 10.5 Å². The van der Waals surface area contributed by atoms with Crippen LogP contribution in [0.5, 0.6) is 11.5 Å². The Labute approximate surface area is 198 Å². The van der Waals surface area contributed by atoms with E-state index in [1.54, 1.807) is 20.3 Å². The molecule has 5 rings (SSSR count). The number of benzene rings is 1. The quantitative estimate of drug-likeness (QED) is 0.562. The molecule has 3 aliphatic carbocycles. The highest BCUT2D eigenvalue weighted by atomic mass is 16.5. The van der Waals surface area contributed by atoms with E-state index in [1.807, 2.05) is 17.0 Å². The van der Waals surface area contributed by atoms with E-state index in [2.05, 4.69) is 30.1 Å². The number of fused-ring (bicyclic) bond motifs is 1. The Hall–Kier alpha value is -2.25. The van der Waals surface area contributed by atoms with E-state index in [4.69, 9.17) is 14.2 Å². The monoisotopic (exact) mass is 457 g/mol. The number of allylic oxidation sites excluding steroid dienone is 1. The van der Waals surface area contributed by atoms with E-state index < -0.39 is 0 Å². The van der Waals surface area contributed by atoms with Crippen molar-refractivity contribution in [1.82, 2.24) is 9.80 Å². The van der Waals surface area contributed by atoms with Crippen LogP contribution in [0, 0.1) is 17.3 Å². The zero-order valence-electron chi connectivity index (χ0n) is 20.6. The Morgan fingerprint density at radius 3 is 2.70 bits per heavy atom. The maximum absolute atomic E-state index is 13.4. The van der Waals surface area contributed by atoms with Gasteiger partial charge in [0, 0.05) is 38.8 Å². The average Bonchev–Trinajstić information content (AvgIpc) is 2.84. The van der Waals surface area contributed by atoms with Gasteiger partial charge >= 0.3 is 6.03 Å². The van der Waals surface area contributed by atoms with Gasteiger partial charge in [-0.15, -0.1) is 0 Å². The van der Waals surface area contributed by atoms with Crippen molar-refractivity contribution in [3.05, 3.63) is 29.8 Å². The van der Waals surface area contributed by atoms with Gasteiger partial charge < -0.3 is 24.4 Å². The van der Waals surface area contributed by atoms with Crippen LogP contribution in [0.1, 0.15) is 33.1 Å². The molecule has 1 N–H and O–H groups in total. The normalized spacial score (nSPS) is 23.8. The van der Waals surface area contributed by atoms with Crippen molar-refractivity contribution in [2.45, 2.75) is 33.1 Å². The zero-order valence-corrected chi connectivity index (χ0v) is 20.6. The Morgan fingerprint density at radius 2 is 2.03 bits per heavy atom. The summed E-state index contributed by atoms with van der Waals surface area (Å²) in [6.07, 6.45) is 5.72. The van der Waals surface area contributed by atoms with Crippen LogP contribution in [0.15, 0.2) is 29.8 Å². The average molecular weight is 458 g/mol. The molecular weight excluding hydrogens is 418 g/mol. The van der Waals surface area contributed by atoms with E-state index in [-0.39, 0.29) is 6.03 Å². The summed E-state index contributed by atoms with van der Waals surface area (Å²) in [5.74, 6) is 2.66. The van der Waals surface area contributed by atoms with Gasteiger partial charge in [0.1, 0.15) is 11.5 Å². The van der Waals surface area contributed by atoms with Crippen LogP contribution in [0.3, 0.4) is 0 Å². The second-order valence-electron chi connectivity index (χ2n) is 10.0. The molecule has 0 aromatic heterocycles. The SMILES string of the molecule is COc1ccc(NC(=O)N(CCCN2CCOCC2)CC2=CCC3CC2C3(C)C)c(OC)c1. The molecular formula is C26H39N3O4. The van der Waals surface area contributed by atoms with Gasteiger partial charge in [0.25, 0.3) is 0 Å². The predicted molar refractivity (Wildman–Crippen MR) is 130 cm³/mol. The van der Waals surface area contributed by atoms with Crippen LogP contribution < -0.4 is 14.8 Å². The molecule has 0 radical (unpaired) electrons. The molecule has 1 aromatic rings. The molecule has 1 heterocycles. The summed E-state index contributed by atoms with van der Waals surface area (Å²) in [4.78, 5) is 17.8. The molecule has 1 saturated heterocycles. The minimum atomic E-state index is -0.0828. The Bertz CT molecular complexity index is 863. The molecule has 1 aromatic carbocycles. The van der Waals surface area contributed by atoms with E-state index in [9.17, 15) is 4.79 Å². The van der Waals surface area contributed by atoms with Gasteiger partial charge in [0.2, 0.25) is 0 Å². The van der Waals surface area contributed by atoms with E-state index >= 15 is 0 Å². The Kier molecular flexibility index (Phi) is 7.49. The van der Waals surface area contributed by atoms with Crippen LogP contribution in [-0.2, 0) is 4.74 Å². The predicted octanol–water partition coefficient (Wildman–Crippen LogP) is 4.25. The summed E-state index contributed by atoms with van der Waals surface area (Å²) < 4.78 is 16.2. The second-order valence-corrected chi connectivity index (χ2v) is 10.0. The highest BCUT2D eigenvalue weighted by Crippen LogP contribution is 2.59. The first-order valence-electron chi connectivity index (χ1n) is 12.2. The fraction of sp³-hybridized carbons (Fsp3) is 0.654. The van der Waals surface area contributed by atoms with Crippen LogP contribution in [0.2, 0.25) is 0 Å². The van der Waals surface area contributed by atoms with Crippen LogP contribution >= 0.6 is 0 Å². The highest BCUT2D eigenvalue weighted by Gasteiger charge is 2.51. The number of amides is 2. The molecule has 33 heavy (non-hydrogen) atoms. The van der Waals surface area contributed by atoms with Gasteiger partial charge in [-0.25, -0.2) is 4.79 Å². The van der Waals surface area contributed by atoms with E-state index in [0.29, 0.717) is 35.1 Å². The van der Waals surface area contributed by atoms with Gasteiger partial charge in [0.15, 0.2) is 0 Å². The molecule has 7 heteroatoms. The Balaban J connectivity index is 1.44. The minimum Gasteiger partial charge on any atom is -0.497 e. The van der Waals surface area contributed by atoms with Crippen LogP contribution in [0.25, 0.3) is 0 Å². The molecule has 2 atom stereocenters. The number of hydrogen-bond donors (Lipinski definition) is 1. The third kappa shape index (κ3) is 5.30. The number of methoxy groups -OCH3 is 2. The molecule has 2 amide bonds. The van der Waals surface area contributed by atoms with Crippen molar-refractivity contribution in [2.75, 3.05) is 65.5 Å². The maximum atomic E-state index is 13.4. The van der Waals surface area contributed by atoms with Gasteiger partial charge in [-0.05, 0) is 48.6 Å². The fourth-order valence-corrected chi connectivity index (χ4v) is 5.53. The van der Waals surface area contributed by atoms with Crippen molar-refractivity contribution in [3.63, 3.8) is 0 Å².